The average molecular weight is 178 g/mol. The van der Waals surface area contributed by atoms with Gasteiger partial charge in [0.25, 0.3) is 0 Å². The van der Waals surface area contributed by atoms with Crippen molar-refractivity contribution < 1.29 is 9.63 Å². The van der Waals surface area contributed by atoms with E-state index in [1.165, 1.54) is 13.3 Å². The molecular weight excluding hydrogens is 168 g/mol. The molecule has 0 spiro atoms. The number of hydrogen-bond acceptors (Lipinski definition) is 3. The van der Waals surface area contributed by atoms with Crippen LogP contribution in [0.4, 0.5) is 4.79 Å². The molecule has 1 amide bonds. The third kappa shape index (κ3) is 3.37. The molecule has 0 aliphatic rings. The van der Waals surface area contributed by atoms with Crippen LogP contribution in [-0.2, 0) is 4.84 Å². The van der Waals surface area contributed by atoms with Gasteiger partial charge < -0.3 is 5.32 Å². The van der Waals surface area contributed by atoms with Crippen LogP contribution >= 0.6 is 0 Å². The van der Waals surface area contributed by atoms with Crippen LogP contribution in [0.25, 0.3) is 0 Å². The van der Waals surface area contributed by atoms with Crippen molar-refractivity contribution in [2.45, 2.75) is 0 Å². The SMILES string of the molecule is CNC(=O)ON=Cc1ccccc1. The fourth-order valence-corrected chi connectivity index (χ4v) is 0.720. The molecule has 0 aliphatic heterocycles. The molecular formula is C9H10N2O2. The van der Waals surface area contributed by atoms with Gasteiger partial charge in [0, 0.05) is 7.05 Å². The van der Waals surface area contributed by atoms with E-state index in [0.717, 1.165) is 5.56 Å². The summed E-state index contributed by atoms with van der Waals surface area (Å²) in [6.45, 7) is 0. The van der Waals surface area contributed by atoms with E-state index < -0.39 is 6.09 Å². The first-order valence-corrected chi connectivity index (χ1v) is 3.80. The zero-order valence-electron chi connectivity index (χ0n) is 7.23. The molecule has 0 saturated heterocycles. The van der Waals surface area contributed by atoms with Gasteiger partial charge in [-0.2, -0.15) is 0 Å². The number of benzene rings is 1. The Balaban J connectivity index is 2.45. The summed E-state index contributed by atoms with van der Waals surface area (Å²) in [5.41, 5.74) is 0.881. The Bertz CT molecular complexity index is 296. The van der Waals surface area contributed by atoms with E-state index in [1.807, 2.05) is 30.3 Å². The van der Waals surface area contributed by atoms with Crippen LogP contribution in [0, 0.1) is 0 Å². The van der Waals surface area contributed by atoms with Crippen molar-refractivity contribution in [3.05, 3.63) is 35.9 Å². The van der Waals surface area contributed by atoms with E-state index in [9.17, 15) is 4.79 Å². The van der Waals surface area contributed by atoms with Gasteiger partial charge in [-0.1, -0.05) is 35.5 Å². The van der Waals surface area contributed by atoms with Crippen LogP contribution in [0.2, 0.25) is 0 Å². The minimum Gasteiger partial charge on any atom is -0.323 e. The zero-order valence-corrected chi connectivity index (χ0v) is 7.23. The molecule has 13 heavy (non-hydrogen) atoms. The molecule has 0 aliphatic carbocycles. The number of amides is 1. The summed E-state index contributed by atoms with van der Waals surface area (Å²) < 4.78 is 0. The van der Waals surface area contributed by atoms with Crippen molar-refractivity contribution in [3.63, 3.8) is 0 Å². The van der Waals surface area contributed by atoms with Crippen LogP contribution in [0.5, 0.6) is 0 Å². The lowest BCUT2D eigenvalue weighted by Gasteiger charge is -1.93. The topological polar surface area (TPSA) is 50.7 Å². The Hall–Kier alpha value is -1.84. The summed E-state index contributed by atoms with van der Waals surface area (Å²) >= 11 is 0. The number of nitrogens with one attached hydrogen (secondary N) is 1. The lowest BCUT2D eigenvalue weighted by molar-refractivity contribution is 0.154. The summed E-state index contributed by atoms with van der Waals surface area (Å²) in [6, 6.07) is 9.37. The van der Waals surface area contributed by atoms with Gasteiger partial charge in [-0.05, 0) is 5.56 Å². The molecule has 4 heteroatoms. The van der Waals surface area contributed by atoms with E-state index in [1.54, 1.807) is 0 Å². The van der Waals surface area contributed by atoms with Gasteiger partial charge in [-0.15, -0.1) is 0 Å². The zero-order chi connectivity index (χ0) is 9.52. The van der Waals surface area contributed by atoms with Gasteiger partial charge in [0.2, 0.25) is 0 Å². The fraction of sp³-hybridized carbons (Fsp3) is 0.111. The quantitative estimate of drug-likeness (QED) is 0.422. The van der Waals surface area contributed by atoms with Gasteiger partial charge in [0.05, 0.1) is 6.21 Å². The lowest BCUT2D eigenvalue weighted by Crippen LogP contribution is -2.16. The number of nitrogens with zero attached hydrogens (tertiary/aromatic N) is 1. The van der Waals surface area contributed by atoms with E-state index in [0.29, 0.717) is 0 Å². The van der Waals surface area contributed by atoms with Crippen molar-refractivity contribution in [2.24, 2.45) is 5.16 Å². The second-order valence-electron chi connectivity index (χ2n) is 2.27. The van der Waals surface area contributed by atoms with E-state index in [2.05, 4.69) is 15.3 Å². The fourth-order valence-electron chi connectivity index (χ4n) is 0.720. The summed E-state index contributed by atoms with van der Waals surface area (Å²) in [5, 5.41) is 5.75. The normalized spacial score (nSPS) is 9.92. The second-order valence-corrected chi connectivity index (χ2v) is 2.27. The Morgan fingerprint density at radius 3 is 2.77 bits per heavy atom. The summed E-state index contributed by atoms with van der Waals surface area (Å²) in [4.78, 5) is 15.0. The molecule has 0 aromatic heterocycles. The molecule has 0 radical (unpaired) electrons. The Morgan fingerprint density at radius 2 is 2.15 bits per heavy atom. The van der Waals surface area contributed by atoms with E-state index >= 15 is 0 Å². The minimum atomic E-state index is -0.577. The number of carbonyl (C=O) groups excluding carboxylic acids is 1. The molecule has 1 rings (SSSR count). The summed E-state index contributed by atoms with van der Waals surface area (Å²) in [5.74, 6) is 0. The van der Waals surface area contributed by atoms with Crippen LogP contribution in [-0.4, -0.2) is 19.4 Å². The third-order valence-electron chi connectivity index (χ3n) is 1.34. The molecule has 1 N–H and O–H groups in total. The molecule has 0 atom stereocenters. The van der Waals surface area contributed by atoms with Crippen molar-refractivity contribution in [2.75, 3.05) is 7.05 Å². The monoisotopic (exact) mass is 178 g/mol. The molecule has 0 bridgehead atoms. The molecule has 4 nitrogen and oxygen atoms in total. The number of hydrogen-bond donors (Lipinski definition) is 1. The number of rotatable bonds is 2. The Kier molecular flexibility index (Phi) is 3.50. The van der Waals surface area contributed by atoms with E-state index in [-0.39, 0.29) is 0 Å². The highest BCUT2D eigenvalue weighted by Gasteiger charge is 1.92. The summed E-state index contributed by atoms with van der Waals surface area (Å²) in [7, 11) is 1.47. The molecule has 68 valence electrons. The third-order valence-corrected chi connectivity index (χ3v) is 1.34. The van der Waals surface area contributed by atoms with Gasteiger partial charge in [-0.3, -0.25) is 4.84 Å². The van der Waals surface area contributed by atoms with Crippen molar-refractivity contribution in [1.82, 2.24) is 5.32 Å². The van der Waals surface area contributed by atoms with Crippen LogP contribution in [0.3, 0.4) is 0 Å². The van der Waals surface area contributed by atoms with Crippen molar-refractivity contribution in [1.29, 1.82) is 0 Å². The average Bonchev–Trinajstić information content (AvgIpc) is 2.19. The highest BCUT2D eigenvalue weighted by atomic mass is 16.7. The summed E-state index contributed by atoms with van der Waals surface area (Å²) in [6.07, 6.45) is 0.891. The van der Waals surface area contributed by atoms with Gasteiger partial charge in [-0.25, -0.2) is 4.79 Å². The lowest BCUT2D eigenvalue weighted by atomic mass is 10.2. The van der Waals surface area contributed by atoms with E-state index in [4.69, 9.17) is 0 Å². The van der Waals surface area contributed by atoms with Crippen molar-refractivity contribution >= 4 is 12.3 Å². The number of carbonyl (C=O) groups is 1. The first-order chi connectivity index (χ1) is 6.33. The van der Waals surface area contributed by atoms with Crippen LogP contribution in [0.1, 0.15) is 5.56 Å². The molecule has 0 unspecified atom stereocenters. The van der Waals surface area contributed by atoms with Gasteiger partial charge in [0.1, 0.15) is 0 Å². The van der Waals surface area contributed by atoms with Gasteiger partial charge >= 0.3 is 6.09 Å². The maximum atomic E-state index is 10.6. The molecule has 1 aromatic rings. The molecule has 1 aromatic carbocycles. The second kappa shape index (κ2) is 4.92. The Morgan fingerprint density at radius 1 is 1.46 bits per heavy atom. The largest absolute Gasteiger partial charge is 0.433 e. The maximum Gasteiger partial charge on any atom is 0.433 e. The molecule has 0 fully saturated rings. The first-order valence-electron chi connectivity index (χ1n) is 3.80. The maximum absolute atomic E-state index is 10.6. The minimum absolute atomic E-state index is 0.577. The predicted octanol–water partition coefficient (Wildman–Crippen LogP) is 1.38. The smallest absolute Gasteiger partial charge is 0.323 e. The highest BCUT2D eigenvalue weighted by molar-refractivity contribution is 5.79. The molecule has 0 saturated carbocycles. The van der Waals surface area contributed by atoms with Crippen LogP contribution in [0.15, 0.2) is 35.5 Å². The first kappa shape index (κ1) is 9.25. The Labute approximate surface area is 76.2 Å². The number of oxime groups is 1. The van der Waals surface area contributed by atoms with Crippen molar-refractivity contribution in [3.8, 4) is 0 Å². The predicted molar refractivity (Wildman–Crippen MR) is 49.6 cm³/mol. The highest BCUT2D eigenvalue weighted by Crippen LogP contribution is 1.93. The van der Waals surface area contributed by atoms with Gasteiger partial charge in [0.15, 0.2) is 0 Å². The molecule has 0 heterocycles. The van der Waals surface area contributed by atoms with Crippen LogP contribution < -0.4 is 5.32 Å². The standard InChI is InChI=1S/C9H10N2O2/c1-10-9(12)13-11-7-8-5-3-2-4-6-8/h2-7H,1H3,(H,10,12).